The molecule has 4 nitrogen and oxygen atoms in total. The van der Waals surface area contributed by atoms with Gasteiger partial charge in [0.25, 0.3) is 0 Å². The zero-order chi connectivity index (χ0) is 15.9. The molecule has 1 aromatic rings. The molecule has 22 heavy (non-hydrogen) atoms. The van der Waals surface area contributed by atoms with Crippen LogP contribution in [-0.2, 0) is 0 Å². The highest BCUT2D eigenvalue weighted by atomic mass is 79.9. The van der Waals surface area contributed by atoms with E-state index in [0.717, 1.165) is 36.5 Å². The fourth-order valence-electron chi connectivity index (χ4n) is 2.66. The summed E-state index contributed by atoms with van der Waals surface area (Å²) in [5.74, 6) is 1.58. The summed E-state index contributed by atoms with van der Waals surface area (Å²) < 4.78 is 1.13. The first kappa shape index (κ1) is 17.1. The van der Waals surface area contributed by atoms with E-state index in [4.69, 9.17) is 0 Å². The number of aliphatic imine (C=N–C) groups is 1. The highest BCUT2D eigenvalue weighted by Crippen LogP contribution is 2.24. The minimum absolute atomic E-state index is 0.453. The van der Waals surface area contributed by atoms with Gasteiger partial charge in [-0.25, -0.2) is 0 Å². The lowest BCUT2D eigenvalue weighted by Gasteiger charge is -2.20. The Labute approximate surface area is 142 Å². The summed E-state index contributed by atoms with van der Waals surface area (Å²) in [6.45, 7) is 7.57. The molecule has 0 radical (unpaired) electrons. The van der Waals surface area contributed by atoms with E-state index in [2.05, 4.69) is 74.6 Å². The van der Waals surface area contributed by atoms with Crippen molar-refractivity contribution >= 4 is 27.6 Å². The van der Waals surface area contributed by atoms with Crippen molar-refractivity contribution in [1.82, 2.24) is 10.6 Å². The van der Waals surface area contributed by atoms with Crippen LogP contribution in [0.15, 0.2) is 33.7 Å². The molecule has 2 unspecified atom stereocenters. The van der Waals surface area contributed by atoms with Crippen molar-refractivity contribution in [3.05, 3.63) is 28.7 Å². The number of nitrogens with one attached hydrogen (secondary N) is 2. The van der Waals surface area contributed by atoms with Gasteiger partial charge < -0.3 is 15.5 Å². The fourth-order valence-corrected chi connectivity index (χ4v) is 2.92. The maximum Gasteiger partial charge on any atom is 0.191 e. The molecular formula is C17H27BrN4. The Morgan fingerprint density at radius 1 is 1.41 bits per heavy atom. The van der Waals surface area contributed by atoms with Gasteiger partial charge in [0.1, 0.15) is 0 Å². The number of nitrogens with zero attached hydrogens (tertiary/aromatic N) is 2. The summed E-state index contributed by atoms with van der Waals surface area (Å²) in [7, 11) is 1.83. The number of anilines is 1. The van der Waals surface area contributed by atoms with E-state index >= 15 is 0 Å². The molecule has 0 bridgehead atoms. The van der Waals surface area contributed by atoms with Crippen LogP contribution >= 0.6 is 15.9 Å². The van der Waals surface area contributed by atoms with Crippen molar-refractivity contribution in [2.75, 3.05) is 31.6 Å². The lowest BCUT2D eigenvalue weighted by Crippen LogP contribution is -2.43. The minimum Gasteiger partial charge on any atom is -0.371 e. The highest BCUT2D eigenvalue weighted by molar-refractivity contribution is 9.10. The molecule has 1 saturated heterocycles. The Bertz CT molecular complexity index is 486. The summed E-state index contributed by atoms with van der Waals surface area (Å²) >= 11 is 3.49. The van der Waals surface area contributed by atoms with E-state index in [1.54, 1.807) is 0 Å². The van der Waals surface area contributed by atoms with Gasteiger partial charge in [0, 0.05) is 42.9 Å². The van der Waals surface area contributed by atoms with Gasteiger partial charge in [-0.15, -0.1) is 0 Å². The average molecular weight is 367 g/mol. The monoisotopic (exact) mass is 366 g/mol. The first-order chi connectivity index (χ1) is 10.6. The predicted molar refractivity (Wildman–Crippen MR) is 98.7 cm³/mol. The third-order valence-electron chi connectivity index (χ3n) is 4.25. The van der Waals surface area contributed by atoms with Crippen molar-refractivity contribution in [1.29, 1.82) is 0 Å². The van der Waals surface area contributed by atoms with Crippen molar-refractivity contribution in [2.24, 2.45) is 10.9 Å². The maximum atomic E-state index is 4.30. The molecule has 1 aliphatic rings. The highest BCUT2D eigenvalue weighted by Gasteiger charge is 2.22. The molecule has 1 aliphatic heterocycles. The Morgan fingerprint density at radius 2 is 2.14 bits per heavy atom. The van der Waals surface area contributed by atoms with Crippen LogP contribution in [0.3, 0.4) is 0 Å². The predicted octanol–water partition coefficient (Wildman–Crippen LogP) is 3.24. The van der Waals surface area contributed by atoms with Crippen LogP contribution in [0.4, 0.5) is 5.69 Å². The van der Waals surface area contributed by atoms with Gasteiger partial charge in [-0.05, 0) is 49.9 Å². The van der Waals surface area contributed by atoms with Gasteiger partial charge in [-0.2, -0.15) is 0 Å². The number of hydrogen-bond donors (Lipinski definition) is 2. The van der Waals surface area contributed by atoms with E-state index in [1.165, 1.54) is 12.1 Å². The molecule has 122 valence electrons. The second kappa shape index (κ2) is 8.42. The third-order valence-corrected chi connectivity index (χ3v) is 4.78. The van der Waals surface area contributed by atoms with E-state index in [0.29, 0.717) is 12.0 Å². The SMILES string of the molecule is CCC(C)NC(=NC)NCC1CCN(c2ccc(Br)cc2)C1. The van der Waals surface area contributed by atoms with Crippen LogP contribution in [-0.4, -0.2) is 38.7 Å². The van der Waals surface area contributed by atoms with Crippen LogP contribution in [0, 0.1) is 5.92 Å². The Kier molecular flexibility index (Phi) is 6.55. The Hall–Kier alpha value is -1.23. The van der Waals surface area contributed by atoms with Crippen LogP contribution in [0.25, 0.3) is 0 Å². The molecule has 2 N–H and O–H groups in total. The topological polar surface area (TPSA) is 39.7 Å². The van der Waals surface area contributed by atoms with Crippen LogP contribution in [0.1, 0.15) is 26.7 Å². The van der Waals surface area contributed by atoms with E-state index in [9.17, 15) is 0 Å². The van der Waals surface area contributed by atoms with Gasteiger partial charge in [-0.1, -0.05) is 22.9 Å². The lowest BCUT2D eigenvalue weighted by molar-refractivity contribution is 0.554. The number of benzene rings is 1. The molecule has 2 atom stereocenters. The van der Waals surface area contributed by atoms with E-state index in [-0.39, 0.29) is 0 Å². The summed E-state index contributed by atoms with van der Waals surface area (Å²) in [5.41, 5.74) is 1.31. The molecule has 1 aromatic carbocycles. The Morgan fingerprint density at radius 3 is 2.77 bits per heavy atom. The van der Waals surface area contributed by atoms with Gasteiger partial charge in [0.15, 0.2) is 5.96 Å². The number of guanidine groups is 1. The molecule has 0 aliphatic carbocycles. The molecule has 5 heteroatoms. The molecule has 1 fully saturated rings. The smallest absolute Gasteiger partial charge is 0.191 e. The largest absolute Gasteiger partial charge is 0.371 e. The van der Waals surface area contributed by atoms with Crippen molar-refractivity contribution < 1.29 is 0 Å². The zero-order valence-corrected chi connectivity index (χ0v) is 15.4. The molecule has 1 heterocycles. The fraction of sp³-hybridized carbons (Fsp3) is 0.588. The van der Waals surface area contributed by atoms with E-state index in [1.807, 2.05) is 7.05 Å². The zero-order valence-electron chi connectivity index (χ0n) is 13.8. The number of hydrogen-bond acceptors (Lipinski definition) is 2. The summed E-state index contributed by atoms with van der Waals surface area (Å²) in [6.07, 6.45) is 2.32. The molecule has 0 spiro atoms. The number of halogens is 1. The van der Waals surface area contributed by atoms with Crippen LogP contribution < -0.4 is 15.5 Å². The summed E-state index contributed by atoms with van der Waals surface area (Å²) in [6, 6.07) is 9.04. The molecule has 0 saturated carbocycles. The standard InChI is InChI=1S/C17H27BrN4/c1-4-13(2)21-17(19-3)20-11-14-9-10-22(12-14)16-7-5-15(18)6-8-16/h5-8,13-14H,4,9-12H2,1-3H3,(H2,19,20,21). The first-order valence-corrected chi connectivity index (χ1v) is 8.89. The van der Waals surface area contributed by atoms with Crippen molar-refractivity contribution in [3.63, 3.8) is 0 Å². The molecular weight excluding hydrogens is 340 g/mol. The Balaban J connectivity index is 1.80. The maximum absolute atomic E-state index is 4.30. The van der Waals surface area contributed by atoms with Gasteiger partial charge in [-0.3, -0.25) is 4.99 Å². The molecule has 2 rings (SSSR count). The number of rotatable bonds is 5. The summed E-state index contributed by atoms with van der Waals surface area (Å²) in [4.78, 5) is 6.76. The molecule has 0 amide bonds. The second-order valence-electron chi connectivity index (χ2n) is 5.98. The van der Waals surface area contributed by atoms with Crippen molar-refractivity contribution in [2.45, 2.75) is 32.7 Å². The van der Waals surface area contributed by atoms with Crippen LogP contribution in [0.5, 0.6) is 0 Å². The quantitative estimate of drug-likeness (QED) is 0.620. The summed E-state index contributed by atoms with van der Waals surface area (Å²) in [5, 5.41) is 6.87. The average Bonchev–Trinajstić information content (AvgIpc) is 3.00. The van der Waals surface area contributed by atoms with Gasteiger partial charge in [0.05, 0.1) is 0 Å². The van der Waals surface area contributed by atoms with Crippen LogP contribution in [0.2, 0.25) is 0 Å². The third kappa shape index (κ3) is 4.90. The first-order valence-electron chi connectivity index (χ1n) is 8.10. The van der Waals surface area contributed by atoms with E-state index < -0.39 is 0 Å². The normalized spacial score (nSPS) is 20.1. The minimum atomic E-state index is 0.453. The van der Waals surface area contributed by atoms with Gasteiger partial charge in [0.2, 0.25) is 0 Å². The van der Waals surface area contributed by atoms with Crippen molar-refractivity contribution in [3.8, 4) is 0 Å². The lowest BCUT2D eigenvalue weighted by atomic mass is 10.1. The molecule has 0 aromatic heterocycles. The van der Waals surface area contributed by atoms with Gasteiger partial charge >= 0.3 is 0 Å². The second-order valence-corrected chi connectivity index (χ2v) is 6.90.